The maximum absolute atomic E-state index is 12.7. The van der Waals surface area contributed by atoms with Gasteiger partial charge in [-0.1, -0.05) is 6.07 Å². The van der Waals surface area contributed by atoms with E-state index in [-0.39, 0.29) is 32.0 Å². The molecule has 2 aromatic carbocycles. The minimum absolute atomic E-state index is 0.103. The molecule has 4 aliphatic rings. The number of fused-ring (bicyclic) bond motifs is 5. The van der Waals surface area contributed by atoms with Crippen molar-refractivity contribution < 1.29 is 38.4 Å². The van der Waals surface area contributed by atoms with E-state index in [9.17, 15) is 9.59 Å². The van der Waals surface area contributed by atoms with Crippen LogP contribution in [0.1, 0.15) is 52.0 Å². The number of nitrogens with zero attached hydrogens (tertiary/aromatic N) is 1. The predicted molar refractivity (Wildman–Crippen MR) is 118 cm³/mol. The Morgan fingerprint density at radius 2 is 1.82 bits per heavy atom. The molecule has 0 spiro atoms. The van der Waals surface area contributed by atoms with Gasteiger partial charge in [0.15, 0.2) is 23.0 Å². The number of likely N-dealkylation sites (N-methyl/N-ethyl adjacent to an activating group) is 1. The van der Waals surface area contributed by atoms with E-state index in [4.69, 9.17) is 34.5 Å². The van der Waals surface area contributed by atoms with Gasteiger partial charge in [0, 0.05) is 18.5 Å². The van der Waals surface area contributed by atoms with Crippen LogP contribution in [0.3, 0.4) is 0 Å². The smallest absolute Gasteiger partial charge is 0.343 e. The van der Waals surface area contributed by atoms with Crippen LogP contribution in [0.4, 0.5) is 0 Å². The summed E-state index contributed by atoms with van der Waals surface area (Å²) < 4.78 is 27.9. The molecule has 4 heterocycles. The minimum atomic E-state index is -0.773. The van der Waals surface area contributed by atoms with Crippen molar-refractivity contribution in [1.82, 2.24) is 4.90 Å². The van der Waals surface area contributed by atoms with E-state index in [1.54, 1.807) is 0 Å². The Morgan fingerprint density at radius 3 is 2.56 bits per heavy atom. The van der Waals surface area contributed by atoms with Crippen LogP contribution in [-0.2, 0) is 16.0 Å². The van der Waals surface area contributed by atoms with Gasteiger partial charge in [0.2, 0.25) is 13.6 Å². The van der Waals surface area contributed by atoms with Crippen LogP contribution in [0, 0.1) is 0 Å². The van der Waals surface area contributed by atoms with E-state index in [2.05, 4.69) is 18.0 Å². The highest BCUT2D eigenvalue weighted by molar-refractivity contribution is 5.98. The van der Waals surface area contributed by atoms with Gasteiger partial charge in [-0.3, -0.25) is 9.69 Å². The molecule has 0 amide bonds. The summed E-state index contributed by atoms with van der Waals surface area (Å²) in [4.78, 5) is 24.6. The van der Waals surface area contributed by atoms with Crippen molar-refractivity contribution in [1.29, 1.82) is 0 Å². The first kappa shape index (κ1) is 22.3. The molecule has 6 rings (SSSR count). The maximum Gasteiger partial charge on any atom is 0.343 e. The van der Waals surface area contributed by atoms with Gasteiger partial charge in [-0.25, -0.2) is 4.79 Å². The van der Waals surface area contributed by atoms with Crippen LogP contribution in [0.25, 0.3) is 0 Å². The number of nitrogens with two attached hydrogens (primary N) is 1. The molecule has 10 nitrogen and oxygen atoms in total. The van der Waals surface area contributed by atoms with E-state index >= 15 is 0 Å². The average molecular weight is 470 g/mol. The van der Waals surface area contributed by atoms with Gasteiger partial charge in [0.25, 0.3) is 0 Å². The molecule has 0 aromatic heterocycles. The van der Waals surface area contributed by atoms with Crippen molar-refractivity contribution in [3.63, 3.8) is 0 Å². The Balaban J connectivity index is 0.000000304. The second-order valence-electron chi connectivity index (χ2n) is 8.46. The Kier molecular flexibility index (Phi) is 5.93. The monoisotopic (exact) mass is 470 g/mol. The van der Waals surface area contributed by atoms with Crippen molar-refractivity contribution in [2.75, 3.05) is 33.7 Å². The van der Waals surface area contributed by atoms with Crippen molar-refractivity contribution in [3.8, 4) is 23.0 Å². The van der Waals surface area contributed by atoms with Crippen LogP contribution in [-0.4, -0.2) is 55.7 Å². The first-order chi connectivity index (χ1) is 16.5. The van der Waals surface area contributed by atoms with Gasteiger partial charge in [-0.15, -0.1) is 0 Å². The molecule has 180 valence electrons. The topological polar surface area (TPSA) is 130 Å². The highest BCUT2D eigenvalue weighted by Gasteiger charge is 2.45. The fraction of sp³-hybridized carbons (Fsp3) is 0.417. The predicted octanol–water partition coefficient (Wildman–Crippen LogP) is 2.39. The molecule has 0 unspecified atom stereocenters. The van der Waals surface area contributed by atoms with Crippen molar-refractivity contribution >= 4 is 11.9 Å². The van der Waals surface area contributed by atoms with Crippen molar-refractivity contribution in [2.24, 2.45) is 5.73 Å². The number of cyclic esters (lactones) is 1. The van der Waals surface area contributed by atoms with E-state index < -0.39 is 12.1 Å². The third-order valence-corrected chi connectivity index (χ3v) is 6.36. The fourth-order valence-corrected chi connectivity index (χ4v) is 4.72. The second-order valence-corrected chi connectivity index (χ2v) is 8.46. The van der Waals surface area contributed by atoms with Crippen LogP contribution >= 0.6 is 0 Å². The lowest BCUT2D eigenvalue weighted by Gasteiger charge is -2.37. The van der Waals surface area contributed by atoms with E-state index in [1.807, 2.05) is 18.2 Å². The van der Waals surface area contributed by atoms with Crippen LogP contribution < -0.4 is 24.7 Å². The normalized spacial score (nSPS) is 21.3. The van der Waals surface area contributed by atoms with Gasteiger partial charge >= 0.3 is 11.9 Å². The second kappa shape index (κ2) is 9.03. The zero-order valence-electron chi connectivity index (χ0n) is 18.7. The third-order valence-electron chi connectivity index (χ3n) is 6.36. The molecule has 10 heteroatoms. The van der Waals surface area contributed by atoms with Crippen LogP contribution in [0.5, 0.6) is 23.0 Å². The van der Waals surface area contributed by atoms with Gasteiger partial charge < -0.3 is 34.5 Å². The molecule has 4 aliphatic heterocycles. The number of esters is 1. The largest absolute Gasteiger partial charge is 0.481 e. The highest BCUT2D eigenvalue weighted by atomic mass is 16.7. The highest BCUT2D eigenvalue weighted by Crippen LogP contribution is 2.51. The molecule has 2 atom stereocenters. The summed E-state index contributed by atoms with van der Waals surface area (Å²) in [5.41, 5.74) is 8.64. The number of carbonyl (C=O) groups is 2. The number of carboxylic acid groups (broad SMARTS) is 1. The molecule has 34 heavy (non-hydrogen) atoms. The average Bonchev–Trinajstić information content (AvgIpc) is 3.55. The van der Waals surface area contributed by atoms with E-state index in [0.717, 1.165) is 35.6 Å². The maximum atomic E-state index is 12.7. The molecule has 0 fully saturated rings. The van der Waals surface area contributed by atoms with Crippen molar-refractivity contribution in [2.45, 2.75) is 31.4 Å². The fourth-order valence-electron chi connectivity index (χ4n) is 4.72. The molecule has 0 aliphatic carbocycles. The van der Waals surface area contributed by atoms with E-state index in [0.29, 0.717) is 30.0 Å². The van der Waals surface area contributed by atoms with Gasteiger partial charge in [0.1, 0.15) is 11.7 Å². The number of benzene rings is 2. The van der Waals surface area contributed by atoms with Crippen LogP contribution in [0.2, 0.25) is 0 Å². The Labute approximate surface area is 196 Å². The summed E-state index contributed by atoms with van der Waals surface area (Å²) in [6, 6.07) is 7.73. The summed E-state index contributed by atoms with van der Waals surface area (Å²) in [5.74, 6) is 1.47. The SMILES string of the molecule is CN1CCc2cc3c(cc2[C@H]1[C@@H]1OC(=O)c2c1ccc1c2OCO1)OCO3.NCCCC(=O)O. The molecule has 0 saturated carbocycles. The molecular weight excluding hydrogens is 444 g/mol. The number of hydrogen-bond donors (Lipinski definition) is 2. The van der Waals surface area contributed by atoms with Crippen molar-refractivity contribution in [3.05, 3.63) is 46.5 Å². The summed E-state index contributed by atoms with van der Waals surface area (Å²) in [5, 5.41) is 7.99. The number of rotatable bonds is 4. The summed E-state index contributed by atoms with van der Waals surface area (Å²) in [7, 11) is 2.05. The Morgan fingerprint density at radius 1 is 1.09 bits per heavy atom. The molecule has 3 N–H and O–H groups in total. The quantitative estimate of drug-likeness (QED) is 0.643. The summed E-state index contributed by atoms with van der Waals surface area (Å²) in [6.45, 7) is 1.69. The first-order valence-corrected chi connectivity index (χ1v) is 11.2. The zero-order valence-corrected chi connectivity index (χ0v) is 18.7. The lowest BCUT2D eigenvalue weighted by atomic mass is 9.86. The minimum Gasteiger partial charge on any atom is -0.481 e. The lowest BCUT2D eigenvalue weighted by molar-refractivity contribution is -0.137. The van der Waals surface area contributed by atoms with Gasteiger partial charge in [-0.2, -0.15) is 0 Å². The Bertz CT molecular complexity index is 1130. The molecular formula is C24H26N2O8. The first-order valence-electron chi connectivity index (χ1n) is 11.2. The van der Waals surface area contributed by atoms with E-state index in [1.165, 1.54) is 5.56 Å². The summed E-state index contributed by atoms with van der Waals surface area (Å²) in [6.07, 6.45) is 1.27. The van der Waals surface area contributed by atoms with Crippen LogP contribution in [0.15, 0.2) is 24.3 Å². The number of carbonyl (C=O) groups excluding carboxylic acids is 1. The molecule has 0 saturated heterocycles. The zero-order chi connectivity index (χ0) is 23.8. The van der Waals surface area contributed by atoms with Gasteiger partial charge in [-0.05, 0) is 55.8 Å². The summed E-state index contributed by atoms with van der Waals surface area (Å²) >= 11 is 0. The molecule has 0 radical (unpaired) electrons. The molecule has 0 bridgehead atoms. The third kappa shape index (κ3) is 3.88. The standard InChI is InChI=1S/C20H17NO6.C4H9NO2/c1-21-5-4-10-6-14-15(25-8-24-14)7-12(10)17(21)18-11-2-3-13-19(26-9-23-13)16(11)20(22)27-18;5-3-1-2-4(6)7/h2-3,6-7,17-18H,4-5,8-9H2,1H3;1-3,5H2,(H,6,7)/t17-,18+;/m0./s1. The molecule has 2 aromatic rings. The number of carboxylic acids is 1. The van der Waals surface area contributed by atoms with Gasteiger partial charge in [0.05, 0.1) is 6.04 Å². The number of aliphatic carboxylic acids is 1. The number of hydrogen-bond acceptors (Lipinski definition) is 9. The lowest BCUT2D eigenvalue weighted by Crippen LogP contribution is -2.36. The Hall–Kier alpha value is -3.50. The number of ether oxygens (including phenoxy) is 5.